The van der Waals surface area contributed by atoms with Crippen LogP contribution in [0.5, 0.6) is 5.75 Å². The van der Waals surface area contributed by atoms with Crippen LogP contribution in [0.2, 0.25) is 0 Å². The number of carbonyl (C=O) groups excluding carboxylic acids is 1. The quantitative estimate of drug-likeness (QED) is 0.642. The molecule has 0 saturated heterocycles. The molecule has 0 fully saturated rings. The maximum Gasteiger partial charge on any atom is 0.251 e. The van der Waals surface area contributed by atoms with Crippen molar-refractivity contribution in [1.29, 1.82) is 0 Å². The lowest BCUT2D eigenvalue weighted by molar-refractivity contribution is 0.0939. The highest BCUT2D eigenvalue weighted by Crippen LogP contribution is 2.19. The molecule has 1 atom stereocenters. The van der Waals surface area contributed by atoms with E-state index < -0.39 is 0 Å². The van der Waals surface area contributed by atoms with Gasteiger partial charge in [-0.2, -0.15) is 0 Å². The summed E-state index contributed by atoms with van der Waals surface area (Å²) in [4.78, 5) is 12.6. The van der Waals surface area contributed by atoms with Gasteiger partial charge in [-0.15, -0.1) is 0 Å². The molecule has 0 unspecified atom stereocenters. The highest BCUT2D eigenvalue weighted by molar-refractivity contribution is 5.94. The Labute approximate surface area is 161 Å². The summed E-state index contributed by atoms with van der Waals surface area (Å²) in [6, 6.07) is 23.5. The summed E-state index contributed by atoms with van der Waals surface area (Å²) in [5.74, 6) is 0.580. The molecule has 1 amide bonds. The third-order valence-electron chi connectivity index (χ3n) is 4.72. The first-order chi connectivity index (χ1) is 13.0. The molecule has 138 valence electrons. The summed E-state index contributed by atoms with van der Waals surface area (Å²) in [7, 11) is 0. The third kappa shape index (κ3) is 4.98. The van der Waals surface area contributed by atoms with E-state index in [4.69, 9.17) is 4.74 Å². The highest BCUT2D eigenvalue weighted by atomic mass is 16.5. The first kappa shape index (κ1) is 18.7. The molecule has 27 heavy (non-hydrogen) atoms. The summed E-state index contributed by atoms with van der Waals surface area (Å²) in [5.41, 5.74) is 5.26. The molecule has 3 nitrogen and oxygen atoms in total. The lowest BCUT2D eigenvalue weighted by Crippen LogP contribution is -2.26. The summed E-state index contributed by atoms with van der Waals surface area (Å²) in [6.45, 7) is 6.65. The van der Waals surface area contributed by atoms with E-state index in [0.29, 0.717) is 17.9 Å². The average molecular weight is 359 g/mol. The van der Waals surface area contributed by atoms with Crippen LogP contribution < -0.4 is 10.1 Å². The monoisotopic (exact) mass is 359 g/mol. The molecule has 0 radical (unpaired) electrons. The topological polar surface area (TPSA) is 38.3 Å². The van der Waals surface area contributed by atoms with Gasteiger partial charge in [-0.25, -0.2) is 0 Å². The van der Waals surface area contributed by atoms with Crippen LogP contribution in [0.3, 0.4) is 0 Å². The lowest BCUT2D eigenvalue weighted by Gasteiger charge is -2.16. The van der Waals surface area contributed by atoms with Gasteiger partial charge < -0.3 is 10.1 Å². The molecule has 3 aromatic carbocycles. The molecule has 0 heterocycles. The number of benzene rings is 3. The molecule has 1 N–H and O–H groups in total. The maximum atomic E-state index is 12.6. The largest absolute Gasteiger partial charge is 0.489 e. The number of carbonyl (C=O) groups is 1. The van der Waals surface area contributed by atoms with E-state index in [1.54, 1.807) is 12.1 Å². The van der Waals surface area contributed by atoms with E-state index >= 15 is 0 Å². The van der Waals surface area contributed by atoms with E-state index in [-0.39, 0.29) is 11.9 Å². The Morgan fingerprint density at radius 2 is 1.70 bits per heavy atom. The van der Waals surface area contributed by atoms with Gasteiger partial charge in [-0.1, -0.05) is 54.6 Å². The zero-order valence-electron chi connectivity index (χ0n) is 16.0. The second-order valence-electron chi connectivity index (χ2n) is 6.84. The molecule has 0 aromatic heterocycles. The number of hydrogen-bond acceptors (Lipinski definition) is 2. The van der Waals surface area contributed by atoms with Crippen LogP contribution >= 0.6 is 0 Å². The highest BCUT2D eigenvalue weighted by Gasteiger charge is 2.13. The fourth-order valence-corrected chi connectivity index (χ4v) is 2.87. The van der Waals surface area contributed by atoms with Gasteiger partial charge in [0, 0.05) is 5.56 Å². The van der Waals surface area contributed by atoms with Crippen LogP contribution in [-0.4, -0.2) is 5.91 Å². The van der Waals surface area contributed by atoms with Crippen molar-refractivity contribution in [2.24, 2.45) is 0 Å². The second-order valence-corrected chi connectivity index (χ2v) is 6.84. The molecule has 0 saturated carbocycles. The third-order valence-corrected chi connectivity index (χ3v) is 4.72. The number of hydrogen-bond donors (Lipinski definition) is 1. The summed E-state index contributed by atoms with van der Waals surface area (Å²) >= 11 is 0. The molecule has 0 aliphatic rings. The molecule has 0 spiro atoms. The Morgan fingerprint density at radius 3 is 2.44 bits per heavy atom. The zero-order valence-corrected chi connectivity index (χ0v) is 16.0. The molecular formula is C24H25NO2. The minimum atomic E-state index is -0.106. The van der Waals surface area contributed by atoms with Gasteiger partial charge in [0.15, 0.2) is 0 Å². The van der Waals surface area contributed by atoms with Crippen LogP contribution in [0.4, 0.5) is 0 Å². The van der Waals surface area contributed by atoms with Crippen molar-refractivity contribution in [1.82, 2.24) is 5.32 Å². The maximum absolute atomic E-state index is 12.6. The molecular weight excluding hydrogens is 334 g/mol. The fraction of sp³-hybridized carbons (Fsp3) is 0.208. The predicted molar refractivity (Wildman–Crippen MR) is 109 cm³/mol. The Morgan fingerprint density at radius 1 is 0.926 bits per heavy atom. The number of nitrogens with one attached hydrogen (secondary N) is 1. The number of amides is 1. The fourth-order valence-electron chi connectivity index (χ4n) is 2.87. The van der Waals surface area contributed by atoms with Crippen LogP contribution in [-0.2, 0) is 6.61 Å². The second kappa shape index (κ2) is 8.54. The first-order valence-corrected chi connectivity index (χ1v) is 9.18. The van der Waals surface area contributed by atoms with Crippen molar-refractivity contribution in [3.8, 4) is 5.75 Å². The van der Waals surface area contributed by atoms with Gasteiger partial charge in [0.25, 0.3) is 5.91 Å². The Kier molecular flexibility index (Phi) is 5.92. The molecule has 0 aliphatic carbocycles. The summed E-state index contributed by atoms with van der Waals surface area (Å²) in [5, 5.41) is 3.07. The lowest BCUT2D eigenvalue weighted by atomic mass is 10.0. The van der Waals surface area contributed by atoms with E-state index in [1.165, 1.54) is 11.1 Å². The van der Waals surface area contributed by atoms with Crippen LogP contribution in [0, 0.1) is 13.8 Å². The smallest absolute Gasteiger partial charge is 0.251 e. The molecule has 3 heteroatoms. The molecule has 0 aliphatic heterocycles. The van der Waals surface area contributed by atoms with Gasteiger partial charge in [-0.05, 0) is 61.2 Å². The normalized spacial score (nSPS) is 11.7. The van der Waals surface area contributed by atoms with Gasteiger partial charge in [0.1, 0.15) is 12.4 Å². The van der Waals surface area contributed by atoms with E-state index in [9.17, 15) is 4.79 Å². The van der Waals surface area contributed by atoms with Crippen molar-refractivity contribution in [3.05, 3.63) is 101 Å². The number of ether oxygens (including phenoxy) is 1. The molecule has 3 rings (SSSR count). The summed E-state index contributed by atoms with van der Waals surface area (Å²) in [6.07, 6.45) is 0. The predicted octanol–water partition coefficient (Wildman–Crippen LogP) is 5.37. The standard InChI is InChI=1S/C24H25NO2/c1-17-12-13-21(14-18(17)2)19(3)25-24(26)22-10-7-11-23(15-22)27-16-20-8-5-4-6-9-20/h4-15,19H,16H2,1-3H3,(H,25,26)/t19-/m0/s1. The Bertz CT molecular complexity index is 919. The minimum absolute atomic E-state index is 0.0642. The SMILES string of the molecule is Cc1ccc([C@H](C)NC(=O)c2cccc(OCc3ccccc3)c2)cc1C. The van der Waals surface area contributed by atoms with Crippen molar-refractivity contribution < 1.29 is 9.53 Å². The summed E-state index contributed by atoms with van der Waals surface area (Å²) < 4.78 is 5.82. The zero-order chi connectivity index (χ0) is 19.2. The van der Waals surface area contributed by atoms with Gasteiger partial charge >= 0.3 is 0 Å². The average Bonchev–Trinajstić information content (AvgIpc) is 2.69. The molecule has 0 bridgehead atoms. The van der Waals surface area contributed by atoms with Crippen molar-refractivity contribution in [3.63, 3.8) is 0 Å². The van der Waals surface area contributed by atoms with E-state index in [2.05, 4.69) is 37.4 Å². The van der Waals surface area contributed by atoms with Crippen LogP contribution in [0.1, 0.15) is 45.6 Å². The van der Waals surface area contributed by atoms with Gasteiger partial charge in [0.2, 0.25) is 0 Å². The first-order valence-electron chi connectivity index (χ1n) is 9.18. The van der Waals surface area contributed by atoms with E-state index in [1.807, 2.05) is 49.4 Å². The minimum Gasteiger partial charge on any atom is -0.489 e. The van der Waals surface area contributed by atoms with Gasteiger partial charge in [0.05, 0.1) is 6.04 Å². The Hall–Kier alpha value is -3.07. The van der Waals surface area contributed by atoms with E-state index in [0.717, 1.165) is 11.1 Å². The van der Waals surface area contributed by atoms with Crippen molar-refractivity contribution in [2.75, 3.05) is 0 Å². The number of rotatable bonds is 6. The van der Waals surface area contributed by atoms with Crippen molar-refractivity contribution >= 4 is 5.91 Å². The number of aryl methyl sites for hydroxylation is 2. The Balaban J connectivity index is 1.65. The van der Waals surface area contributed by atoms with Crippen LogP contribution in [0.25, 0.3) is 0 Å². The van der Waals surface area contributed by atoms with Gasteiger partial charge in [-0.3, -0.25) is 4.79 Å². The van der Waals surface area contributed by atoms with Crippen LogP contribution in [0.15, 0.2) is 72.8 Å². The van der Waals surface area contributed by atoms with Crippen molar-refractivity contribution in [2.45, 2.75) is 33.4 Å². The molecule has 3 aromatic rings.